The van der Waals surface area contributed by atoms with Crippen LogP contribution >= 0.6 is 0 Å². The maximum Gasteiger partial charge on any atom is 0.287 e. The summed E-state index contributed by atoms with van der Waals surface area (Å²) in [4.78, 5) is 14.3. The average molecular weight is 501 g/mol. The van der Waals surface area contributed by atoms with Gasteiger partial charge in [0.05, 0.1) is 10.5 Å². The number of primary amides is 1. The van der Waals surface area contributed by atoms with Gasteiger partial charge in [0.1, 0.15) is 11.5 Å². The maximum absolute atomic E-state index is 13.1. The molecule has 1 aliphatic heterocycles. The molecule has 0 atom stereocenters. The van der Waals surface area contributed by atoms with E-state index in [0.717, 1.165) is 0 Å². The largest absolute Gasteiger partial charge is 0.508 e. The van der Waals surface area contributed by atoms with Crippen molar-refractivity contribution in [2.75, 3.05) is 33.2 Å². The van der Waals surface area contributed by atoms with Crippen LogP contribution in [0.5, 0.6) is 11.5 Å². The number of hydrogen-bond donors (Lipinski definition) is 3. The number of aromatic hydroxyl groups is 2. The zero-order chi connectivity index (χ0) is 25.5. The van der Waals surface area contributed by atoms with Crippen molar-refractivity contribution in [3.8, 4) is 28.6 Å². The zero-order valence-corrected chi connectivity index (χ0v) is 20.5. The molecule has 4 N–H and O–H groups in total. The van der Waals surface area contributed by atoms with Crippen molar-refractivity contribution in [1.82, 2.24) is 24.0 Å². The van der Waals surface area contributed by atoms with Crippen LogP contribution in [0.3, 0.4) is 0 Å². The normalized spacial score (nSPS) is 15.5. The molecule has 0 radical (unpaired) electrons. The number of rotatable bonds is 6. The molecule has 2 heterocycles. The van der Waals surface area contributed by atoms with Crippen molar-refractivity contribution in [1.29, 1.82) is 0 Å². The molecule has 0 unspecified atom stereocenters. The first-order chi connectivity index (χ1) is 16.5. The Bertz CT molecular complexity index is 1360. The Balaban J connectivity index is 1.78. The van der Waals surface area contributed by atoms with Crippen LogP contribution in [-0.2, 0) is 10.0 Å². The number of phenolic OH excluding ortho intramolecular Hbond substituents is 2. The highest BCUT2D eigenvalue weighted by Crippen LogP contribution is 2.38. The summed E-state index contributed by atoms with van der Waals surface area (Å²) in [5, 5.41) is 28.7. The van der Waals surface area contributed by atoms with Gasteiger partial charge in [-0.1, -0.05) is 13.8 Å². The number of likely N-dealkylation sites (N-methyl/N-ethyl adjacent to an activating group) is 1. The van der Waals surface area contributed by atoms with Crippen molar-refractivity contribution in [3.63, 3.8) is 0 Å². The number of carbonyl (C=O) groups excluding carboxylic acids is 1. The van der Waals surface area contributed by atoms with Crippen molar-refractivity contribution in [3.05, 3.63) is 47.8 Å². The predicted octanol–water partition coefficient (Wildman–Crippen LogP) is 1.50. The number of phenols is 2. The molecule has 2 aromatic carbocycles. The quantitative estimate of drug-likeness (QED) is 0.460. The minimum Gasteiger partial charge on any atom is -0.508 e. The fraction of sp³-hybridized carbons (Fsp3) is 0.348. The Hall–Kier alpha value is -3.48. The molecular formula is C23H28N6O5S. The van der Waals surface area contributed by atoms with Crippen molar-refractivity contribution >= 4 is 15.9 Å². The van der Waals surface area contributed by atoms with Crippen molar-refractivity contribution in [2.24, 2.45) is 5.73 Å². The van der Waals surface area contributed by atoms with Crippen LogP contribution in [0.1, 0.15) is 35.9 Å². The standard InChI is InChI=1S/C23H28N6O5S/c1-14(2)17-12-18(20(31)13-19(17)30)22-25-26-23(21(24)32)29(22)15-4-6-16(7-5-15)35(33,34)28-10-8-27(3)9-11-28/h4-7,12-14,30-31H,8-11H2,1-3H3,(H2,24,32). The molecule has 3 aromatic rings. The third-order valence-corrected chi connectivity index (χ3v) is 8.00. The van der Waals surface area contributed by atoms with Crippen LogP contribution in [0.25, 0.3) is 17.1 Å². The highest BCUT2D eigenvalue weighted by atomic mass is 32.2. The van der Waals surface area contributed by atoms with Crippen LogP contribution in [0.15, 0.2) is 41.3 Å². The highest BCUT2D eigenvalue weighted by Gasteiger charge is 2.28. The van der Waals surface area contributed by atoms with Crippen molar-refractivity contribution < 1.29 is 23.4 Å². The lowest BCUT2D eigenvalue weighted by atomic mass is 9.98. The van der Waals surface area contributed by atoms with Crippen LogP contribution in [0, 0.1) is 0 Å². The van der Waals surface area contributed by atoms with Gasteiger partial charge in [0, 0.05) is 37.9 Å². The van der Waals surface area contributed by atoms with E-state index in [2.05, 4.69) is 15.1 Å². The first-order valence-corrected chi connectivity index (χ1v) is 12.5. The van der Waals surface area contributed by atoms with E-state index in [1.165, 1.54) is 39.2 Å². The lowest BCUT2D eigenvalue weighted by molar-refractivity contribution is 0.0988. The second-order valence-electron chi connectivity index (χ2n) is 8.83. The van der Waals surface area contributed by atoms with E-state index in [1.807, 2.05) is 20.9 Å². The number of nitrogens with two attached hydrogens (primary N) is 1. The third-order valence-electron chi connectivity index (χ3n) is 6.09. The molecule has 1 amide bonds. The van der Waals surface area contributed by atoms with Gasteiger partial charge in [-0.25, -0.2) is 8.42 Å². The van der Waals surface area contributed by atoms with E-state index in [9.17, 15) is 23.4 Å². The summed E-state index contributed by atoms with van der Waals surface area (Å²) in [6, 6.07) is 8.75. The zero-order valence-electron chi connectivity index (χ0n) is 19.7. The number of hydrogen-bond acceptors (Lipinski definition) is 8. The molecule has 1 aliphatic rings. The lowest BCUT2D eigenvalue weighted by Gasteiger charge is -2.31. The average Bonchev–Trinajstić information content (AvgIpc) is 3.24. The van der Waals surface area contributed by atoms with Crippen LogP contribution in [0.2, 0.25) is 0 Å². The van der Waals surface area contributed by atoms with E-state index in [-0.39, 0.29) is 39.5 Å². The summed E-state index contributed by atoms with van der Waals surface area (Å²) < 4.78 is 29.0. The molecule has 186 valence electrons. The molecule has 12 heteroatoms. The number of carbonyl (C=O) groups is 1. The van der Waals surface area contributed by atoms with Crippen LogP contribution < -0.4 is 5.73 Å². The fourth-order valence-electron chi connectivity index (χ4n) is 4.04. The first-order valence-electron chi connectivity index (χ1n) is 11.1. The monoisotopic (exact) mass is 500 g/mol. The first kappa shape index (κ1) is 24.6. The van der Waals surface area contributed by atoms with Crippen LogP contribution in [0.4, 0.5) is 0 Å². The molecule has 0 saturated carbocycles. The Morgan fingerprint density at radius 2 is 1.63 bits per heavy atom. The Morgan fingerprint density at radius 1 is 1.00 bits per heavy atom. The molecule has 35 heavy (non-hydrogen) atoms. The number of nitrogens with zero attached hydrogens (tertiary/aromatic N) is 5. The minimum atomic E-state index is -3.68. The van der Waals surface area contributed by atoms with E-state index < -0.39 is 15.9 Å². The minimum absolute atomic E-state index is 0.0552. The summed E-state index contributed by atoms with van der Waals surface area (Å²) in [6.07, 6.45) is 0. The number of aromatic nitrogens is 3. The lowest BCUT2D eigenvalue weighted by Crippen LogP contribution is -2.46. The number of sulfonamides is 1. The van der Waals surface area contributed by atoms with Gasteiger partial charge < -0.3 is 20.8 Å². The summed E-state index contributed by atoms with van der Waals surface area (Å²) in [5.74, 6) is -1.30. The SMILES string of the molecule is CC(C)c1cc(-c2nnc(C(N)=O)n2-c2ccc(S(=O)(=O)N3CCN(C)CC3)cc2)c(O)cc1O. The second-order valence-corrected chi connectivity index (χ2v) is 10.8. The fourth-order valence-corrected chi connectivity index (χ4v) is 5.47. The Kier molecular flexibility index (Phi) is 6.54. The number of piperazine rings is 1. The summed E-state index contributed by atoms with van der Waals surface area (Å²) in [5.41, 5.74) is 6.71. The van der Waals surface area contributed by atoms with Gasteiger partial charge in [-0.05, 0) is 48.9 Å². The van der Waals surface area contributed by atoms with Gasteiger partial charge >= 0.3 is 0 Å². The Morgan fingerprint density at radius 3 is 2.20 bits per heavy atom. The van der Waals surface area contributed by atoms with Crippen molar-refractivity contribution in [2.45, 2.75) is 24.7 Å². The molecule has 4 rings (SSSR count). The van der Waals surface area contributed by atoms with E-state index in [1.54, 1.807) is 6.07 Å². The summed E-state index contributed by atoms with van der Waals surface area (Å²) in [6.45, 7) is 5.88. The van der Waals surface area contributed by atoms with E-state index in [0.29, 0.717) is 37.4 Å². The van der Waals surface area contributed by atoms with E-state index in [4.69, 9.17) is 5.73 Å². The van der Waals surface area contributed by atoms with Gasteiger partial charge in [-0.3, -0.25) is 9.36 Å². The highest BCUT2D eigenvalue weighted by molar-refractivity contribution is 7.89. The van der Waals surface area contributed by atoms with Gasteiger partial charge in [0.15, 0.2) is 5.82 Å². The number of benzene rings is 2. The molecule has 1 aromatic heterocycles. The third kappa shape index (κ3) is 4.59. The van der Waals surface area contributed by atoms with Crippen LogP contribution in [-0.4, -0.2) is 81.7 Å². The molecule has 11 nitrogen and oxygen atoms in total. The second kappa shape index (κ2) is 9.29. The Labute approximate surface area is 203 Å². The molecule has 0 bridgehead atoms. The molecule has 1 fully saturated rings. The van der Waals surface area contributed by atoms with Gasteiger partial charge in [0.2, 0.25) is 15.8 Å². The summed E-state index contributed by atoms with van der Waals surface area (Å²) >= 11 is 0. The van der Waals surface area contributed by atoms with E-state index >= 15 is 0 Å². The molecule has 0 aliphatic carbocycles. The number of amides is 1. The van der Waals surface area contributed by atoms with Gasteiger partial charge in [-0.2, -0.15) is 4.31 Å². The summed E-state index contributed by atoms with van der Waals surface area (Å²) in [7, 11) is -1.73. The maximum atomic E-state index is 13.1. The molecule has 1 saturated heterocycles. The molecule has 0 spiro atoms. The van der Waals surface area contributed by atoms with Gasteiger partial charge in [0.25, 0.3) is 5.91 Å². The topological polar surface area (TPSA) is 155 Å². The molecular weight excluding hydrogens is 472 g/mol. The smallest absolute Gasteiger partial charge is 0.287 e. The van der Waals surface area contributed by atoms with Gasteiger partial charge in [-0.15, -0.1) is 10.2 Å². The predicted molar refractivity (Wildman–Crippen MR) is 129 cm³/mol.